The number of aliphatic hydroxyl groups is 1. The minimum atomic E-state index is -5.08. The van der Waals surface area contributed by atoms with E-state index in [1.165, 1.54) is 4.90 Å². The van der Waals surface area contributed by atoms with Crippen LogP contribution >= 0.6 is 0 Å². The van der Waals surface area contributed by atoms with Crippen molar-refractivity contribution in [3.05, 3.63) is 0 Å². The number of fused-ring (bicyclic) bond motifs is 1. The number of alkyl halides is 3. The molecular formula is C14H21F3N4O4. The van der Waals surface area contributed by atoms with Crippen molar-refractivity contribution in [2.45, 2.75) is 37.6 Å². The Bertz CT molecular complexity index is 567. The van der Waals surface area contributed by atoms with Gasteiger partial charge in [-0.05, 0) is 25.7 Å². The molecule has 3 atom stereocenters. The maximum atomic E-state index is 12.9. The lowest BCUT2D eigenvalue weighted by Crippen LogP contribution is -2.56. The Hall–Kier alpha value is -2.04. The number of likely N-dealkylation sites (tertiary alicyclic amines) is 2. The van der Waals surface area contributed by atoms with Crippen LogP contribution in [0.1, 0.15) is 19.8 Å². The zero-order valence-electron chi connectivity index (χ0n) is 13.7. The third-order valence-corrected chi connectivity index (χ3v) is 4.77. The van der Waals surface area contributed by atoms with Gasteiger partial charge in [-0.25, -0.2) is 4.79 Å². The summed E-state index contributed by atoms with van der Waals surface area (Å²) in [5, 5.41) is 11.8. The number of nitrogens with two attached hydrogens (primary N) is 1. The van der Waals surface area contributed by atoms with Crippen molar-refractivity contribution >= 4 is 17.8 Å². The number of nitrogens with zero attached hydrogens (tertiary/aromatic N) is 2. The smallest absolute Gasteiger partial charge is 0.373 e. The molecule has 2 aliphatic heterocycles. The molecule has 0 spiro atoms. The van der Waals surface area contributed by atoms with Crippen molar-refractivity contribution in [3.8, 4) is 0 Å². The maximum absolute atomic E-state index is 12.9. The lowest BCUT2D eigenvalue weighted by molar-refractivity contribution is -0.249. The molecule has 4 N–H and O–H groups in total. The average Bonchev–Trinajstić information content (AvgIpc) is 2.94. The van der Waals surface area contributed by atoms with E-state index >= 15 is 0 Å². The molecule has 0 bridgehead atoms. The van der Waals surface area contributed by atoms with E-state index in [9.17, 15) is 32.7 Å². The van der Waals surface area contributed by atoms with Crippen molar-refractivity contribution < 1.29 is 32.7 Å². The van der Waals surface area contributed by atoms with Crippen molar-refractivity contribution in [1.29, 1.82) is 0 Å². The summed E-state index contributed by atoms with van der Waals surface area (Å²) in [5.74, 6) is -2.00. The topological polar surface area (TPSA) is 116 Å². The molecule has 2 rings (SSSR count). The number of halogens is 3. The molecule has 8 nitrogen and oxygen atoms in total. The molecule has 0 aromatic heterocycles. The molecule has 1 unspecified atom stereocenters. The molecule has 0 aromatic rings. The summed E-state index contributed by atoms with van der Waals surface area (Å²) < 4.78 is 38.6. The van der Waals surface area contributed by atoms with Gasteiger partial charge in [0.25, 0.3) is 5.91 Å². The fourth-order valence-corrected chi connectivity index (χ4v) is 3.35. The van der Waals surface area contributed by atoms with Gasteiger partial charge in [0.1, 0.15) is 0 Å². The van der Waals surface area contributed by atoms with E-state index in [0.717, 1.165) is 4.90 Å². The van der Waals surface area contributed by atoms with Gasteiger partial charge < -0.3 is 26.0 Å². The Morgan fingerprint density at radius 1 is 1.28 bits per heavy atom. The van der Waals surface area contributed by atoms with Crippen LogP contribution in [0, 0.1) is 5.92 Å². The number of urea groups is 1. The number of carbonyl (C=O) groups is 3. The molecule has 4 amide bonds. The summed E-state index contributed by atoms with van der Waals surface area (Å²) in [6, 6.07) is -1.30. The highest BCUT2D eigenvalue weighted by Gasteiger charge is 2.58. The van der Waals surface area contributed by atoms with E-state index in [0.29, 0.717) is 26.3 Å². The Balaban J connectivity index is 2.09. The molecule has 0 aliphatic carbocycles. The van der Waals surface area contributed by atoms with Gasteiger partial charge in [0, 0.05) is 19.6 Å². The minimum Gasteiger partial charge on any atom is -0.373 e. The Kier molecular flexibility index (Phi) is 5.17. The highest BCUT2D eigenvalue weighted by Crippen LogP contribution is 2.36. The van der Waals surface area contributed by atoms with Gasteiger partial charge in [-0.2, -0.15) is 13.2 Å². The Morgan fingerprint density at radius 3 is 2.48 bits per heavy atom. The van der Waals surface area contributed by atoms with Crippen LogP contribution in [0.3, 0.4) is 0 Å². The molecule has 2 heterocycles. The van der Waals surface area contributed by atoms with Gasteiger partial charge >= 0.3 is 12.2 Å². The van der Waals surface area contributed by atoms with Crippen molar-refractivity contribution in [3.63, 3.8) is 0 Å². The first-order valence-electron chi connectivity index (χ1n) is 7.86. The number of amides is 4. The van der Waals surface area contributed by atoms with Crippen LogP contribution in [0.15, 0.2) is 0 Å². The van der Waals surface area contributed by atoms with Crippen LogP contribution < -0.4 is 11.1 Å². The summed E-state index contributed by atoms with van der Waals surface area (Å²) >= 11 is 0. The van der Waals surface area contributed by atoms with Crippen LogP contribution in [0.25, 0.3) is 0 Å². The third-order valence-electron chi connectivity index (χ3n) is 4.77. The van der Waals surface area contributed by atoms with Crippen LogP contribution in [0.4, 0.5) is 18.0 Å². The normalized spacial score (nSPS) is 26.0. The average molecular weight is 366 g/mol. The Morgan fingerprint density at radius 2 is 1.92 bits per heavy atom. The van der Waals surface area contributed by atoms with Crippen molar-refractivity contribution in [2.24, 2.45) is 11.7 Å². The van der Waals surface area contributed by atoms with Gasteiger partial charge in [0.2, 0.25) is 11.5 Å². The SMILES string of the molecule is CC(O)(C(=O)N1C[C@H]2CCCN(C(=O)CNC(N)=O)[C@H]2C1)C(F)(F)F. The zero-order chi connectivity index (χ0) is 19.0. The summed E-state index contributed by atoms with van der Waals surface area (Å²) in [5.41, 5.74) is 1.45. The molecule has 2 fully saturated rings. The summed E-state index contributed by atoms with van der Waals surface area (Å²) in [6.45, 7) is 0.461. The van der Waals surface area contributed by atoms with Crippen LogP contribution in [0.5, 0.6) is 0 Å². The zero-order valence-corrected chi connectivity index (χ0v) is 13.7. The fraction of sp³-hybridized carbons (Fsp3) is 0.786. The second kappa shape index (κ2) is 6.70. The molecule has 0 radical (unpaired) electrons. The van der Waals surface area contributed by atoms with Gasteiger partial charge in [-0.3, -0.25) is 9.59 Å². The third kappa shape index (κ3) is 3.80. The molecule has 2 aliphatic rings. The van der Waals surface area contributed by atoms with E-state index in [2.05, 4.69) is 5.32 Å². The van der Waals surface area contributed by atoms with Crippen molar-refractivity contribution in [1.82, 2.24) is 15.1 Å². The number of hydrogen-bond donors (Lipinski definition) is 3. The number of hydrogen-bond acceptors (Lipinski definition) is 4. The first-order valence-corrected chi connectivity index (χ1v) is 7.86. The molecule has 142 valence electrons. The van der Waals surface area contributed by atoms with Crippen LogP contribution in [-0.2, 0) is 9.59 Å². The van der Waals surface area contributed by atoms with E-state index < -0.39 is 35.7 Å². The number of rotatable bonds is 3. The molecular weight excluding hydrogens is 345 g/mol. The summed E-state index contributed by atoms with van der Waals surface area (Å²) in [4.78, 5) is 37.5. The lowest BCUT2D eigenvalue weighted by atomic mass is 9.92. The van der Waals surface area contributed by atoms with Gasteiger partial charge in [-0.1, -0.05) is 0 Å². The van der Waals surface area contributed by atoms with Gasteiger partial charge in [-0.15, -0.1) is 0 Å². The van der Waals surface area contributed by atoms with E-state index in [-0.39, 0.29) is 25.6 Å². The standard InChI is InChI=1S/C14H21F3N4O4/c1-13(25,14(15,16)17)11(23)20-6-8-3-2-4-21(9(8)7-20)10(22)5-19-12(18)24/h8-9,25H,2-7H2,1H3,(H3,18,19,24)/t8-,9+,13?/m1/s1. The number of nitrogens with one attached hydrogen (secondary N) is 1. The quantitative estimate of drug-likeness (QED) is 0.619. The van der Waals surface area contributed by atoms with Gasteiger partial charge in [0.15, 0.2) is 0 Å². The predicted molar refractivity (Wildman–Crippen MR) is 79.1 cm³/mol. The largest absolute Gasteiger partial charge is 0.426 e. The summed E-state index contributed by atoms with van der Waals surface area (Å²) in [6.07, 6.45) is -3.78. The molecule has 0 saturated carbocycles. The molecule has 2 saturated heterocycles. The maximum Gasteiger partial charge on any atom is 0.426 e. The molecule has 0 aromatic carbocycles. The first-order chi connectivity index (χ1) is 11.4. The van der Waals surface area contributed by atoms with E-state index in [4.69, 9.17) is 5.73 Å². The van der Waals surface area contributed by atoms with Gasteiger partial charge in [0.05, 0.1) is 12.6 Å². The number of carbonyl (C=O) groups excluding carboxylic acids is 3. The minimum absolute atomic E-state index is 0.0444. The van der Waals surface area contributed by atoms with E-state index in [1.807, 2.05) is 0 Å². The van der Waals surface area contributed by atoms with Crippen LogP contribution in [0.2, 0.25) is 0 Å². The highest BCUT2D eigenvalue weighted by atomic mass is 19.4. The van der Waals surface area contributed by atoms with Crippen molar-refractivity contribution in [2.75, 3.05) is 26.2 Å². The second-order valence-electron chi connectivity index (χ2n) is 6.55. The fourth-order valence-electron chi connectivity index (χ4n) is 3.35. The molecule has 11 heteroatoms. The lowest BCUT2D eigenvalue weighted by Gasteiger charge is -2.36. The molecule has 25 heavy (non-hydrogen) atoms. The summed E-state index contributed by atoms with van der Waals surface area (Å²) in [7, 11) is 0. The van der Waals surface area contributed by atoms with Crippen LogP contribution in [-0.4, -0.2) is 76.8 Å². The number of primary amides is 1. The number of piperidine rings is 1. The first kappa shape index (κ1) is 19.3. The van der Waals surface area contributed by atoms with E-state index in [1.54, 1.807) is 0 Å². The predicted octanol–water partition coefficient (Wildman–Crippen LogP) is -0.583. The monoisotopic (exact) mass is 366 g/mol. The highest BCUT2D eigenvalue weighted by molar-refractivity contribution is 5.86. The Labute approximate surface area is 142 Å². The second-order valence-corrected chi connectivity index (χ2v) is 6.55.